The number of Topliss-reactive ketones (excluding diaryl/α,β-unsaturated/α-hetero) is 2. The molecule has 15 heavy (non-hydrogen) atoms. The number of carbonyl (C=O) groups is 2. The average molecular weight is 208 g/mol. The number of hydrogen-bond donors (Lipinski definition) is 0. The van der Waals surface area contributed by atoms with E-state index >= 15 is 0 Å². The first-order chi connectivity index (χ1) is 6.91. The van der Waals surface area contributed by atoms with Crippen LogP contribution in [0.3, 0.4) is 0 Å². The van der Waals surface area contributed by atoms with Crippen molar-refractivity contribution in [3.8, 4) is 0 Å². The Kier molecular flexibility index (Phi) is 3.48. The Morgan fingerprint density at radius 1 is 1.33 bits per heavy atom. The minimum absolute atomic E-state index is 0.160. The molecule has 0 fully saturated rings. The zero-order valence-electron chi connectivity index (χ0n) is 10.1. The summed E-state index contributed by atoms with van der Waals surface area (Å²) < 4.78 is 0. The average Bonchev–Trinajstić information content (AvgIpc) is 2.12. The smallest absolute Gasteiger partial charge is 0.159 e. The van der Waals surface area contributed by atoms with Crippen LogP contribution in [0.1, 0.15) is 53.4 Å². The first-order valence-corrected chi connectivity index (χ1v) is 5.68. The van der Waals surface area contributed by atoms with Gasteiger partial charge in [0.05, 0.1) is 5.41 Å². The quantitative estimate of drug-likeness (QED) is 0.714. The van der Waals surface area contributed by atoms with Crippen LogP contribution in [-0.2, 0) is 9.59 Å². The lowest BCUT2D eigenvalue weighted by molar-refractivity contribution is -0.128. The highest BCUT2D eigenvalue weighted by atomic mass is 16.1. The number of carbonyl (C=O) groups excluding carboxylic acids is 2. The fourth-order valence-electron chi connectivity index (χ4n) is 2.35. The molecule has 2 heteroatoms. The van der Waals surface area contributed by atoms with E-state index in [0.29, 0.717) is 12.8 Å². The molecule has 0 aromatic rings. The lowest BCUT2D eigenvalue weighted by Crippen LogP contribution is -2.34. The van der Waals surface area contributed by atoms with Crippen LogP contribution in [0.15, 0.2) is 11.1 Å². The van der Waals surface area contributed by atoms with Gasteiger partial charge in [0.2, 0.25) is 0 Å². The maximum absolute atomic E-state index is 12.0. The second-order valence-electron chi connectivity index (χ2n) is 4.88. The molecular formula is C13H20O2. The number of allylic oxidation sites excluding steroid dienone is 2. The number of rotatable bonds is 3. The summed E-state index contributed by atoms with van der Waals surface area (Å²) in [4.78, 5) is 23.8. The predicted octanol–water partition coefficient (Wildman–Crippen LogP) is 3.06. The second-order valence-corrected chi connectivity index (χ2v) is 4.88. The molecule has 1 aliphatic carbocycles. The van der Waals surface area contributed by atoms with E-state index in [1.165, 1.54) is 0 Å². The van der Waals surface area contributed by atoms with Crippen molar-refractivity contribution in [2.24, 2.45) is 5.41 Å². The summed E-state index contributed by atoms with van der Waals surface area (Å²) in [7, 11) is 0. The van der Waals surface area contributed by atoms with Crippen LogP contribution in [-0.4, -0.2) is 11.6 Å². The second kappa shape index (κ2) is 4.30. The predicted molar refractivity (Wildman–Crippen MR) is 60.6 cm³/mol. The molecule has 2 nitrogen and oxygen atoms in total. The molecule has 0 spiro atoms. The first kappa shape index (κ1) is 12.2. The van der Waals surface area contributed by atoms with Gasteiger partial charge in [-0.15, -0.1) is 0 Å². The minimum atomic E-state index is -0.561. The highest BCUT2D eigenvalue weighted by molar-refractivity contribution is 6.05. The summed E-state index contributed by atoms with van der Waals surface area (Å²) in [5.74, 6) is 0.362. The van der Waals surface area contributed by atoms with Gasteiger partial charge in [0.15, 0.2) is 5.78 Å². The molecule has 0 atom stereocenters. The third-order valence-electron chi connectivity index (χ3n) is 3.23. The van der Waals surface area contributed by atoms with E-state index < -0.39 is 5.41 Å². The van der Waals surface area contributed by atoms with Crippen molar-refractivity contribution in [2.45, 2.75) is 53.4 Å². The largest absolute Gasteiger partial charge is 0.299 e. The van der Waals surface area contributed by atoms with Crippen molar-refractivity contribution in [1.29, 1.82) is 0 Å². The summed E-state index contributed by atoms with van der Waals surface area (Å²) in [5.41, 5.74) is 1.33. The van der Waals surface area contributed by atoms with Gasteiger partial charge in [-0.25, -0.2) is 0 Å². The van der Waals surface area contributed by atoms with E-state index in [-0.39, 0.29) is 11.6 Å². The third-order valence-corrected chi connectivity index (χ3v) is 3.23. The summed E-state index contributed by atoms with van der Waals surface area (Å²) in [5, 5.41) is 0. The molecule has 0 saturated heterocycles. The normalized spacial score (nSPS) is 20.7. The highest BCUT2D eigenvalue weighted by Crippen LogP contribution is 2.38. The number of hydrogen-bond acceptors (Lipinski definition) is 2. The van der Waals surface area contributed by atoms with Crippen molar-refractivity contribution in [2.75, 3.05) is 0 Å². The Hall–Kier alpha value is -0.920. The Labute approximate surface area is 91.7 Å². The van der Waals surface area contributed by atoms with Gasteiger partial charge in [0.25, 0.3) is 0 Å². The molecule has 0 N–H and O–H groups in total. The van der Waals surface area contributed by atoms with E-state index in [4.69, 9.17) is 0 Å². The molecular weight excluding hydrogens is 188 g/mol. The van der Waals surface area contributed by atoms with Crippen LogP contribution in [0.25, 0.3) is 0 Å². The van der Waals surface area contributed by atoms with Gasteiger partial charge in [-0.2, -0.15) is 0 Å². The van der Waals surface area contributed by atoms with Crippen molar-refractivity contribution in [1.82, 2.24) is 0 Å². The standard InChI is InChI=1S/C13H20O2/c1-5-6-10(14)12-9(2)7-8-11(15)13(12,3)4/h5-8H2,1-4H3. The molecule has 0 aliphatic heterocycles. The molecule has 0 heterocycles. The van der Waals surface area contributed by atoms with Crippen molar-refractivity contribution < 1.29 is 9.59 Å². The molecule has 0 saturated carbocycles. The maximum atomic E-state index is 12.0. The number of ketones is 2. The molecule has 1 aliphatic rings. The van der Waals surface area contributed by atoms with Crippen LogP contribution in [0.4, 0.5) is 0 Å². The molecule has 0 bridgehead atoms. The Bertz CT molecular complexity index is 321. The highest BCUT2D eigenvalue weighted by Gasteiger charge is 2.38. The summed E-state index contributed by atoms with van der Waals surface area (Å²) in [6.07, 6.45) is 2.75. The van der Waals surface area contributed by atoms with Crippen LogP contribution < -0.4 is 0 Å². The molecule has 84 valence electrons. The van der Waals surface area contributed by atoms with E-state index in [1.54, 1.807) is 0 Å². The summed E-state index contributed by atoms with van der Waals surface area (Å²) in [6, 6.07) is 0. The van der Waals surface area contributed by atoms with E-state index in [2.05, 4.69) is 0 Å². The molecule has 0 aromatic carbocycles. The Morgan fingerprint density at radius 3 is 2.47 bits per heavy atom. The van der Waals surface area contributed by atoms with Crippen molar-refractivity contribution in [3.63, 3.8) is 0 Å². The van der Waals surface area contributed by atoms with Gasteiger partial charge in [0.1, 0.15) is 5.78 Å². The zero-order valence-corrected chi connectivity index (χ0v) is 10.1. The Morgan fingerprint density at radius 2 is 1.93 bits per heavy atom. The fraction of sp³-hybridized carbons (Fsp3) is 0.692. The topological polar surface area (TPSA) is 34.1 Å². The molecule has 0 aromatic heterocycles. The van der Waals surface area contributed by atoms with Crippen molar-refractivity contribution in [3.05, 3.63) is 11.1 Å². The first-order valence-electron chi connectivity index (χ1n) is 5.68. The minimum Gasteiger partial charge on any atom is -0.299 e. The van der Waals surface area contributed by atoms with E-state index in [0.717, 1.165) is 24.0 Å². The summed E-state index contributed by atoms with van der Waals surface area (Å²) in [6.45, 7) is 7.73. The van der Waals surface area contributed by atoms with Gasteiger partial charge >= 0.3 is 0 Å². The van der Waals surface area contributed by atoms with Crippen LogP contribution in [0, 0.1) is 5.41 Å². The fourth-order valence-corrected chi connectivity index (χ4v) is 2.35. The maximum Gasteiger partial charge on any atom is 0.159 e. The summed E-state index contributed by atoms with van der Waals surface area (Å²) >= 11 is 0. The monoisotopic (exact) mass is 208 g/mol. The Balaban J connectivity index is 3.10. The molecule has 0 radical (unpaired) electrons. The third kappa shape index (κ3) is 2.19. The van der Waals surface area contributed by atoms with E-state index in [1.807, 2.05) is 27.7 Å². The van der Waals surface area contributed by atoms with Gasteiger partial charge in [-0.3, -0.25) is 9.59 Å². The molecule has 0 unspecified atom stereocenters. The van der Waals surface area contributed by atoms with Crippen molar-refractivity contribution >= 4 is 11.6 Å². The lowest BCUT2D eigenvalue weighted by Gasteiger charge is -2.32. The van der Waals surface area contributed by atoms with Gasteiger partial charge < -0.3 is 0 Å². The van der Waals surface area contributed by atoms with Gasteiger partial charge in [-0.05, 0) is 33.6 Å². The zero-order chi connectivity index (χ0) is 11.6. The lowest BCUT2D eigenvalue weighted by atomic mass is 9.70. The van der Waals surface area contributed by atoms with Crippen LogP contribution in [0.2, 0.25) is 0 Å². The van der Waals surface area contributed by atoms with Gasteiger partial charge in [-0.1, -0.05) is 12.5 Å². The SMILES string of the molecule is CCCC(=O)C1=C(C)CCC(=O)C1(C)C. The van der Waals surface area contributed by atoms with Gasteiger partial charge in [0, 0.05) is 18.4 Å². The molecule has 1 rings (SSSR count). The van der Waals surface area contributed by atoms with Crippen LogP contribution in [0.5, 0.6) is 0 Å². The van der Waals surface area contributed by atoms with Crippen LogP contribution >= 0.6 is 0 Å². The molecule has 0 amide bonds. The van der Waals surface area contributed by atoms with E-state index in [9.17, 15) is 9.59 Å².